The lowest BCUT2D eigenvalue weighted by atomic mass is 10.1. The van der Waals surface area contributed by atoms with Crippen LogP contribution in [0.2, 0.25) is 0 Å². The number of aromatic nitrogens is 3. The van der Waals surface area contributed by atoms with Gasteiger partial charge < -0.3 is 5.32 Å². The number of nitrogens with one attached hydrogen (secondary N) is 1. The fourth-order valence-corrected chi connectivity index (χ4v) is 2.12. The Morgan fingerprint density at radius 2 is 2.35 bits per heavy atom. The van der Waals surface area contributed by atoms with E-state index in [-0.39, 0.29) is 6.04 Å². The maximum atomic E-state index is 4.35. The molecule has 0 bridgehead atoms. The van der Waals surface area contributed by atoms with Gasteiger partial charge in [-0.3, -0.25) is 4.98 Å². The van der Waals surface area contributed by atoms with Crippen molar-refractivity contribution >= 4 is 11.7 Å². The van der Waals surface area contributed by atoms with E-state index in [2.05, 4.69) is 26.0 Å². The van der Waals surface area contributed by atoms with Crippen molar-refractivity contribution < 1.29 is 0 Å². The van der Waals surface area contributed by atoms with E-state index in [1.54, 1.807) is 0 Å². The third kappa shape index (κ3) is 3.57. The largest absolute Gasteiger partial charge is 0.308 e. The molecule has 0 amide bonds. The van der Waals surface area contributed by atoms with Gasteiger partial charge in [0.1, 0.15) is 0 Å². The van der Waals surface area contributed by atoms with E-state index in [4.69, 9.17) is 0 Å². The molecule has 0 saturated carbocycles. The van der Waals surface area contributed by atoms with Crippen LogP contribution >= 0.6 is 11.7 Å². The second-order valence-corrected chi connectivity index (χ2v) is 4.42. The lowest BCUT2D eigenvalue weighted by Crippen LogP contribution is -2.24. The van der Waals surface area contributed by atoms with Gasteiger partial charge in [0.25, 0.3) is 0 Å². The zero-order valence-corrected chi connectivity index (χ0v) is 10.7. The monoisotopic (exact) mass is 248 g/mol. The molecule has 1 N–H and O–H groups in total. The number of pyridine rings is 1. The van der Waals surface area contributed by atoms with Crippen LogP contribution in [0.15, 0.2) is 30.6 Å². The van der Waals surface area contributed by atoms with Gasteiger partial charge in [-0.2, -0.15) is 8.75 Å². The van der Waals surface area contributed by atoms with Crippen LogP contribution in [0.4, 0.5) is 0 Å². The van der Waals surface area contributed by atoms with Crippen molar-refractivity contribution in [3.63, 3.8) is 0 Å². The molecule has 0 spiro atoms. The second-order valence-electron chi connectivity index (χ2n) is 3.86. The quantitative estimate of drug-likeness (QED) is 0.851. The lowest BCUT2D eigenvalue weighted by Gasteiger charge is -2.15. The molecule has 2 aromatic heterocycles. The summed E-state index contributed by atoms with van der Waals surface area (Å²) in [6.07, 6.45) is 5.62. The maximum absolute atomic E-state index is 4.35. The first kappa shape index (κ1) is 12.1. The number of hydrogen-bond donors (Lipinski definition) is 1. The van der Waals surface area contributed by atoms with Crippen LogP contribution in [0.5, 0.6) is 0 Å². The average Bonchev–Trinajstić information content (AvgIpc) is 2.89. The minimum absolute atomic E-state index is 0.212. The molecule has 0 aliphatic heterocycles. The molecule has 0 aliphatic carbocycles. The van der Waals surface area contributed by atoms with Gasteiger partial charge in [-0.25, -0.2) is 0 Å². The number of hydrogen-bond acceptors (Lipinski definition) is 5. The summed E-state index contributed by atoms with van der Waals surface area (Å²) in [7, 11) is 0. The SMILES string of the molecule is CCCNC(Cc1ccccn1)c1cnsn1. The first-order valence-electron chi connectivity index (χ1n) is 5.81. The van der Waals surface area contributed by atoms with Crippen LogP contribution < -0.4 is 5.32 Å². The summed E-state index contributed by atoms with van der Waals surface area (Å²) in [4.78, 5) is 4.35. The molecule has 2 aromatic rings. The van der Waals surface area contributed by atoms with Gasteiger partial charge in [-0.1, -0.05) is 13.0 Å². The van der Waals surface area contributed by atoms with Crippen LogP contribution in [0, 0.1) is 0 Å². The van der Waals surface area contributed by atoms with Gasteiger partial charge in [0.15, 0.2) is 0 Å². The Bertz CT molecular complexity index is 415. The van der Waals surface area contributed by atoms with E-state index in [9.17, 15) is 0 Å². The van der Waals surface area contributed by atoms with E-state index in [1.165, 1.54) is 11.7 Å². The molecule has 17 heavy (non-hydrogen) atoms. The molecule has 1 atom stereocenters. The first-order valence-corrected chi connectivity index (χ1v) is 6.54. The topological polar surface area (TPSA) is 50.7 Å². The van der Waals surface area contributed by atoms with E-state index < -0.39 is 0 Å². The van der Waals surface area contributed by atoms with E-state index >= 15 is 0 Å². The molecular formula is C12H16N4S. The Labute approximate surface area is 105 Å². The summed E-state index contributed by atoms with van der Waals surface area (Å²) in [5, 5.41) is 3.48. The number of rotatable bonds is 6. The van der Waals surface area contributed by atoms with Crippen LogP contribution in [-0.2, 0) is 6.42 Å². The maximum Gasteiger partial charge on any atom is 0.0916 e. The minimum atomic E-state index is 0.212. The lowest BCUT2D eigenvalue weighted by molar-refractivity contribution is 0.516. The van der Waals surface area contributed by atoms with Crippen molar-refractivity contribution in [2.75, 3.05) is 6.54 Å². The fraction of sp³-hybridized carbons (Fsp3) is 0.417. The van der Waals surface area contributed by atoms with Crippen LogP contribution in [0.1, 0.15) is 30.8 Å². The summed E-state index contributed by atoms with van der Waals surface area (Å²) in [5.74, 6) is 0. The molecule has 0 aliphatic rings. The van der Waals surface area contributed by atoms with Gasteiger partial charge in [0.05, 0.1) is 29.7 Å². The van der Waals surface area contributed by atoms with Gasteiger partial charge in [0, 0.05) is 18.3 Å². The van der Waals surface area contributed by atoms with E-state index in [0.717, 1.165) is 30.8 Å². The molecule has 2 heterocycles. The first-order chi connectivity index (χ1) is 8.40. The van der Waals surface area contributed by atoms with Crippen LogP contribution in [0.25, 0.3) is 0 Å². The van der Waals surface area contributed by atoms with Crippen molar-refractivity contribution in [1.29, 1.82) is 0 Å². The smallest absolute Gasteiger partial charge is 0.0916 e. The van der Waals surface area contributed by atoms with Crippen LogP contribution in [-0.4, -0.2) is 20.3 Å². The van der Waals surface area contributed by atoms with Gasteiger partial charge in [-0.15, -0.1) is 0 Å². The molecule has 0 radical (unpaired) electrons. The summed E-state index contributed by atoms with van der Waals surface area (Å²) in [6, 6.07) is 6.20. The van der Waals surface area contributed by atoms with Crippen molar-refractivity contribution in [2.45, 2.75) is 25.8 Å². The van der Waals surface area contributed by atoms with E-state index in [0.29, 0.717) is 0 Å². The van der Waals surface area contributed by atoms with Crippen LogP contribution in [0.3, 0.4) is 0 Å². The third-order valence-corrected chi connectivity index (χ3v) is 3.01. The average molecular weight is 248 g/mol. The molecule has 1 unspecified atom stereocenters. The van der Waals surface area contributed by atoms with Crippen molar-refractivity contribution in [3.8, 4) is 0 Å². The number of nitrogens with zero attached hydrogens (tertiary/aromatic N) is 3. The molecular weight excluding hydrogens is 232 g/mol. The molecule has 2 rings (SSSR count). The Balaban J connectivity index is 2.06. The molecule has 5 heteroatoms. The predicted octanol–water partition coefficient (Wildman–Crippen LogP) is 2.22. The highest BCUT2D eigenvalue weighted by molar-refractivity contribution is 6.99. The highest BCUT2D eigenvalue weighted by atomic mass is 32.1. The summed E-state index contributed by atoms with van der Waals surface area (Å²) in [5.41, 5.74) is 2.09. The van der Waals surface area contributed by atoms with Crippen molar-refractivity contribution in [3.05, 3.63) is 42.0 Å². The zero-order chi connectivity index (χ0) is 11.9. The summed E-state index contributed by atoms with van der Waals surface area (Å²) < 4.78 is 8.37. The van der Waals surface area contributed by atoms with E-state index in [1.807, 2.05) is 30.6 Å². The summed E-state index contributed by atoms with van der Waals surface area (Å²) in [6.45, 7) is 3.14. The Morgan fingerprint density at radius 1 is 1.41 bits per heavy atom. The third-order valence-electron chi connectivity index (χ3n) is 2.52. The zero-order valence-electron chi connectivity index (χ0n) is 9.84. The molecule has 0 fully saturated rings. The Kier molecular flexibility index (Phi) is 4.58. The van der Waals surface area contributed by atoms with Crippen molar-refractivity contribution in [1.82, 2.24) is 19.0 Å². The highest BCUT2D eigenvalue weighted by Gasteiger charge is 2.14. The molecule has 0 aromatic carbocycles. The predicted molar refractivity (Wildman–Crippen MR) is 68.9 cm³/mol. The minimum Gasteiger partial charge on any atom is -0.308 e. The van der Waals surface area contributed by atoms with Crippen molar-refractivity contribution in [2.24, 2.45) is 0 Å². The summed E-state index contributed by atoms with van der Waals surface area (Å²) >= 11 is 1.25. The highest BCUT2D eigenvalue weighted by Crippen LogP contribution is 2.15. The normalized spacial score (nSPS) is 12.5. The Morgan fingerprint density at radius 3 is 3.00 bits per heavy atom. The fourth-order valence-electron chi connectivity index (χ4n) is 1.65. The second kappa shape index (κ2) is 6.42. The van der Waals surface area contributed by atoms with Gasteiger partial charge in [0.2, 0.25) is 0 Å². The Hall–Kier alpha value is -1.33. The molecule has 0 saturated heterocycles. The van der Waals surface area contributed by atoms with Gasteiger partial charge >= 0.3 is 0 Å². The standard InChI is InChI=1S/C12H16N4S/c1-2-6-14-11(12-9-15-17-16-12)8-10-5-3-4-7-13-10/h3-5,7,9,11,14H,2,6,8H2,1H3. The molecule has 90 valence electrons. The molecule has 4 nitrogen and oxygen atoms in total. The van der Waals surface area contributed by atoms with Gasteiger partial charge in [-0.05, 0) is 25.1 Å².